The number of esters is 2. The van der Waals surface area contributed by atoms with Crippen molar-refractivity contribution in [3.63, 3.8) is 0 Å². The van der Waals surface area contributed by atoms with Gasteiger partial charge in [0.25, 0.3) is 5.79 Å². The molecule has 1 rings (SSSR count). The van der Waals surface area contributed by atoms with Gasteiger partial charge in [0.15, 0.2) is 5.92 Å². The summed E-state index contributed by atoms with van der Waals surface area (Å²) < 4.78 is 10.0. The summed E-state index contributed by atoms with van der Waals surface area (Å²) in [4.78, 5) is 23.1. The lowest BCUT2D eigenvalue weighted by atomic mass is 10.00. The average molecular weight is 226 g/mol. The van der Waals surface area contributed by atoms with Crippen LogP contribution in [0.5, 0.6) is 0 Å². The Morgan fingerprint density at radius 2 is 1.81 bits per heavy atom. The van der Waals surface area contributed by atoms with Gasteiger partial charge in [0.05, 0.1) is 0 Å². The third kappa shape index (κ3) is 3.36. The molecule has 0 spiro atoms. The van der Waals surface area contributed by atoms with Gasteiger partial charge < -0.3 is 9.47 Å². The van der Waals surface area contributed by atoms with E-state index in [1.165, 1.54) is 0 Å². The fraction of sp³-hybridized carbons (Fsp3) is 0.667. The van der Waals surface area contributed by atoms with Gasteiger partial charge in [0, 0.05) is 13.8 Å². The highest BCUT2D eigenvalue weighted by Crippen LogP contribution is 2.26. The van der Waals surface area contributed by atoms with Gasteiger partial charge in [-0.3, -0.25) is 9.59 Å². The summed E-state index contributed by atoms with van der Waals surface area (Å²) in [5, 5.41) is 0. The molecule has 0 radical (unpaired) electrons. The minimum atomic E-state index is -1.12. The standard InChI is InChI=1S/C12H18O4/c1-4-5-6-7-8-9-10(13)15-12(2,3)16-11(9)14/h4,9H,1,5-8H2,2-3H3. The van der Waals surface area contributed by atoms with E-state index in [1.54, 1.807) is 13.8 Å². The summed E-state index contributed by atoms with van der Waals surface area (Å²) >= 11 is 0. The second-order valence-electron chi connectivity index (χ2n) is 4.37. The number of carbonyl (C=O) groups excluding carboxylic acids is 2. The molecular weight excluding hydrogens is 208 g/mol. The van der Waals surface area contributed by atoms with Gasteiger partial charge in [-0.2, -0.15) is 0 Å². The topological polar surface area (TPSA) is 52.6 Å². The van der Waals surface area contributed by atoms with Crippen molar-refractivity contribution in [3.05, 3.63) is 12.7 Å². The minimum Gasteiger partial charge on any atom is -0.422 e. The summed E-state index contributed by atoms with van der Waals surface area (Å²) in [7, 11) is 0. The van der Waals surface area contributed by atoms with Gasteiger partial charge in [-0.1, -0.05) is 12.5 Å². The molecule has 0 aliphatic carbocycles. The van der Waals surface area contributed by atoms with Gasteiger partial charge in [-0.25, -0.2) is 0 Å². The molecule has 4 heteroatoms. The Balaban J connectivity index is 2.45. The molecule has 0 bridgehead atoms. The first-order valence-corrected chi connectivity index (χ1v) is 5.53. The van der Waals surface area contributed by atoms with E-state index in [1.807, 2.05) is 6.08 Å². The number of allylic oxidation sites excluding steroid dienone is 1. The van der Waals surface area contributed by atoms with E-state index in [2.05, 4.69) is 6.58 Å². The molecule has 0 amide bonds. The SMILES string of the molecule is C=CCCCCC1C(=O)OC(C)(C)OC1=O. The summed E-state index contributed by atoms with van der Waals surface area (Å²) in [6.45, 7) is 6.72. The number of cyclic esters (lactones) is 2. The third-order valence-corrected chi connectivity index (χ3v) is 2.41. The number of hydrogen-bond donors (Lipinski definition) is 0. The number of unbranched alkanes of at least 4 members (excludes halogenated alkanes) is 2. The first kappa shape index (κ1) is 12.7. The third-order valence-electron chi connectivity index (χ3n) is 2.41. The predicted molar refractivity (Wildman–Crippen MR) is 58.4 cm³/mol. The second kappa shape index (κ2) is 5.14. The van der Waals surface area contributed by atoms with Crippen LogP contribution in [0, 0.1) is 5.92 Å². The maximum Gasteiger partial charge on any atom is 0.323 e. The number of carbonyl (C=O) groups is 2. The fourth-order valence-corrected chi connectivity index (χ4v) is 1.62. The summed E-state index contributed by atoms with van der Waals surface area (Å²) in [6.07, 6.45) is 4.91. The van der Waals surface area contributed by atoms with Crippen molar-refractivity contribution in [2.24, 2.45) is 5.92 Å². The highest BCUT2D eigenvalue weighted by atomic mass is 16.7. The lowest BCUT2D eigenvalue weighted by molar-refractivity contribution is -0.240. The molecule has 1 aliphatic heterocycles. The van der Waals surface area contributed by atoms with Gasteiger partial charge >= 0.3 is 11.9 Å². The molecule has 1 fully saturated rings. The van der Waals surface area contributed by atoms with Crippen LogP contribution >= 0.6 is 0 Å². The number of hydrogen-bond acceptors (Lipinski definition) is 4. The molecule has 0 aromatic carbocycles. The van der Waals surface area contributed by atoms with Crippen molar-refractivity contribution in [3.8, 4) is 0 Å². The van der Waals surface area contributed by atoms with Crippen LogP contribution in [0.3, 0.4) is 0 Å². The molecule has 0 atom stereocenters. The van der Waals surface area contributed by atoms with E-state index < -0.39 is 23.6 Å². The van der Waals surface area contributed by atoms with E-state index >= 15 is 0 Å². The Labute approximate surface area is 95.6 Å². The maximum atomic E-state index is 11.5. The summed E-state index contributed by atoms with van der Waals surface area (Å²) in [6, 6.07) is 0. The predicted octanol–water partition coefficient (Wildman–Crippen LogP) is 2.19. The Morgan fingerprint density at radius 1 is 1.25 bits per heavy atom. The molecule has 0 N–H and O–H groups in total. The Bertz CT molecular complexity index is 273. The van der Waals surface area contributed by atoms with Crippen molar-refractivity contribution < 1.29 is 19.1 Å². The van der Waals surface area contributed by atoms with Gasteiger partial charge in [-0.05, 0) is 19.3 Å². The van der Waals surface area contributed by atoms with E-state index in [9.17, 15) is 9.59 Å². The van der Waals surface area contributed by atoms with E-state index in [4.69, 9.17) is 9.47 Å². The smallest absolute Gasteiger partial charge is 0.323 e. The minimum absolute atomic E-state index is 0.472. The largest absolute Gasteiger partial charge is 0.422 e. The normalized spacial score (nSPS) is 20.1. The molecule has 1 aliphatic rings. The van der Waals surface area contributed by atoms with Gasteiger partial charge in [-0.15, -0.1) is 6.58 Å². The van der Waals surface area contributed by atoms with Gasteiger partial charge in [0.2, 0.25) is 0 Å². The molecular formula is C12H18O4. The lowest BCUT2D eigenvalue weighted by Crippen LogP contribution is -2.46. The van der Waals surface area contributed by atoms with Crippen LogP contribution in [0.15, 0.2) is 12.7 Å². The number of ether oxygens (including phenoxy) is 2. The zero-order valence-electron chi connectivity index (χ0n) is 9.82. The van der Waals surface area contributed by atoms with Crippen molar-refractivity contribution in [2.45, 2.75) is 45.3 Å². The summed E-state index contributed by atoms with van der Waals surface area (Å²) in [5.74, 6) is -2.82. The first-order valence-electron chi connectivity index (χ1n) is 5.53. The van der Waals surface area contributed by atoms with Crippen LogP contribution in [-0.4, -0.2) is 17.7 Å². The summed E-state index contributed by atoms with van der Waals surface area (Å²) in [5.41, 5.74) is 0. The Kier molecular flexibility index (Phi) is 4.10. The highest BCUT2D eigenvalue weighted by Gasteiger charge is 2.42. The molecule has 0 aromatic rings. The quantitative estimate of drug-likeness (QED) is 0.312. The zero-order chi connectivity index (χ0) is 12.2. The first-order chi connectivity index (χ1) is 7.46. The number of rotatable bonds is 5. The van der Waals surface area contributed by atoms with Crippen molar-refractivity contribution in [2.75, 3.05) is 0 Å². The lowest BCUT2D eigenvalue weighted by Gasteiger charge is -2.32. The van der Waals surface area contributed by atoms with E-state index in [-0.39, 0.29) is 0 Å². The van der Waals surface area contributed by atoms with Crippen molar-refractivity contribution in [1.29, 1.82) is 0 Å². The van der Waals surface area contributed by atoms with Crippen LogP contribution in [0.1, 0.15) is 39.5 Å². The van der Waals surface area contributed by atoms with E-state index in [0.717, 1.165) is 19.3 Å². The van der Waals surface area contributed by atoms with E-state index in [0.29, 0.717) is 6.42 Å². The van der Waals surface area contributed by atoms with Crippen LogP contribution < -0.4 is 0 Å². The maximum absolute atomic E-state index is 11.5. The average Bonchev–Trinajstić information content (AvgIpc) is 2.13. The molecule has 1 saturated heterocycles. The zero-order valence-corrected chi connectivity index (χ0v) is 9.82. The molecule has 0 aromatic heterocycles. The molecule has 90 valence electrons. The fourth-order valence-electron chi connectivity index (χ4n) is 1.62. The van der Waals surface area contributed by atoms with Crippen LogP contribution in [-0.2, 0) is 19.1 Å². The van der Waals surface area contributed by atoms with Crippen LogP contribution in [0.4, 0.5) is 0 Å². The Morgan fingerprint density at radius 3 is 2.31 bits per heavy atom. The monoisotopic (exact) mass is 226 g/mol. The second-order valence-corrected chi connectivity index (χ2v) is 4.37. The Hall–Kier alpha value is -1.32. The molecule has 16 heavy (non-hydrogen) atoms. The molecule has 0 unspecified atom stereocenters. The molecule has 4 nitrogen and oxygen atoms in total. The van der Waals surface area contributed by atoms with Crippen LogP contribution in [0.2, 0.25) is 0 Å². The highest BCUT2D eigenvalue weighted by molar-refractivity contribution is 5.96. The van der Waals surface area contributed by atoms with Crippen LogP contribution in [0.25, 0.3) is 0 Å². The molecule has 0 saturated carbocycles. The van der Waals surface area contributed by atoms with Crippen molar-refractivity contribution >= 4 is 11.9 Å². The molecule has 1 heterocycles. The van der Waals surface area contributed by atoms with Crippen molar-refractivity contribution in [1.82, 2.24) is 0 Å². The van der Waals surface area contributed by atoms with Gasteiger partial charge in [0.1, 0.15) is 0 Å².